The van der Waals surface area contributed by atoms with Crippen molar-refractivity contribution in [1.82, 2.24) is 9.80 Å². The first kappa shape index (κ1) is 16.6. The van der Waals surface area contributed by atoms with E-state index < -0.39 is 17.8 Å². The Kier molecular flexibility index (Phi) is 2.97. The van der Waals surface area contributed by atoms with Crippen molar-refractivity contribution in [1.29, 1.82) is 0 Å². The van der Waals surface area contributed by atoms with Gasteiger partial charge in [-0.15, -0.1) is 0 Å². The minimum absolute atomic E-state index is 0.146. The zero-order chi connectivity index (χ0) is 20.1. The fourth-order valence-electron chi connectivity index (χ4n) is 5.18. The predicted molar refractivity (Wildman–Crippen MR) is 102 cm³/mol. The molecule has 0 spiro atoms. The molecule has 2 aromatic rings. The summed E-state index contributed by atoms with van der Waals surface area (Å²) in [5, 5.41) is 12.0. The fourth-order valence-corrected chi connectivity index (χ4v) is 5.18. The van der Waals surface area contributed by atoms with Crippen LogP contribution in [0.2, 0.25) is 0 Å². The average Bonchev–Trinajstić information content (AvgIpc) is 3.26. The van der Waals surface area contributed by atoms with Gasteiger partial charge in [0.1, 0.15) is 6.04 Å². The van der Waals surface area contributed by atoms with Crippen molar-refractivity contribution < 1.29 is 24.2 Å². The zero-order valence-corrected chi connectivity index (χ0v) is 15.7. The Bertz CT molecular complexity index is 1140. The van der Waals surface area contributed by atoms with Crippen LogP contribution < -0.4 is 9.47 Å². The first-order valence-corrected chi connectivity index (χ1v) is 9.53. The van der Waals surface area contributed by atoms with E-state index in [9.17, 15) is 14.7 Å². The van der Waals surface area contributed by atoms with Crippen LogP contribution in [0.5, 0.6) is 11.5 Å². The van der Waals surface area contributed by atoms with Gasteiger partial charge >= 0.3 is 0 Å². The molecule has 2 aromatic carbocycles. The lowest BCUT2D eigenvalue weighted by Crippen LogP contribution is -2.70. The van der Waals surface area contributed by atoms with E-state index in [2.05, 4.69) is 6.58 Å². The lowest BCUT2D eigenvalue weighted by molar-refractivity contribution is -0.189. The monoisotopic (exact) mass is 390 g/mol. The van der Waals surface area contributed by atoms with Crippen molar-refractivity contribution in [3.05, 3.63) is 65.2 Å². The van der Waals surface area contributed by atoms with Crippen LogP contribution in [0.15, 0.2) is 43.0 Å². The van der Waals surface area contributed by atoms with Gasteiger partial charge in [0.25, 0.3) is 5.91 Å². The van der Waals surface area contributed by atoms with Crippen LogP contribution in [0, 0.1) is 0 Å². The maximum Gasteiger partial charge on any atom is 0.257 e. The maximum absolute atomic E-state index is 13.3. The summed E-state index contributed by atoms with van der Waals surface area (Å²) in [4.78, 5) is 29.3. The number of hydrogen-bond donors (Lipinski definition) is 1. The summed E-state index contributed by atoms with van der Waals surface area (Å²) in [6.07, 6.45) is 0.359. The summed E-state index contributed by atoms with van der Waals surface area (Å²) in [6, 6.07) is 9.21. The number of nitrogens with zero attached hydrogens (tertiary/aromatic N) is 2. The van der Waals surface area contributed by atoms with Gasteiger partial charge in [0.15, 0.2) is 17.2 Å². The Hall–Kier alpha value is -3.32. The summed E-state index contributed by atoms with van der Waals surface area (Å²) in [5.74, 6) is 0.662. The second-order valence-electron chi connectivity index (χ2n) is 7.86. The Balaban J connectivity index is 1.58. The smallest absolute Gasteiger partial charge is 0.257 e. The maximum atomic E-state index is 13.3. The Morgan fingerprint density at radius 3 is 2.66 bits per heavy atom. The summed E-state index contributed by atoms with van der Waals surface area (Å²) >= 11 is 0. The molecule has 7 heteroatoms. The molecule has 3 atom stereocenters. The molecule has 146 valence electrons. The normalized spacial score (nSPS) is 28.8. The second kappa shape index (κ2) is 5.18. The van der Waals surface area contributed by atoms with Gasteiger partial charge in [0.05, 0.1) is 6.04 Å². The van der Waals surface area contributed by atoms with Crippen molar-refractivity contribution in [2.24, 2.45) is 0 Å². The molecule has 4 aliphatic heterocycles. The van der Waals surface area contributed by atoms with Crippen LogP contribution in [0.1, 0.15) is 34.0 Å². The van der Waals surface area contributed by atoms with Gasteiger partial charge in [-0.05, 0) is 37.1 Å². The van der Waals surface area contributed by atoms with E-state index in [1.807, 2.05) is 12.1 Å². The number of aliphatic hydroxyl groups is 1. The van der Waals surface area contributed by atoms with Gasteiger partial charge in [-0.2, -0.15) is 0 Å². The van der Waals surface area contributed by atoms with Crippen LogP contribution in [-0.2, 0) is 16.9 Å². The quantitative estimate of drug-likeness (QED) is 0.743. The first-order valence-electron chi connectivity index (χ1n) is 9.53. The molecule has 2 amide bonds. The Labute approximate surface area is 166 Å². The number of amides is 2. The van der Waals surface area contributed by atoms with Gasteiger partial charge in [-0.25, -0.2) is 0 Å². The van der Waals surface area contributed by atoms with Crippen LogP contribution in [0.4, 0.5) is 0 Å². The highest BCUT2D eigenvalue weighted by atomic mass is 16.7. The number of carbonyl (C=O) groups is 2. The minimum Gasteiger partial charge on any atom is -0.454 e. The number of hydrogen-bond acceptors (Lipinski definition) is 5. The van der Waals surface area contributed by atoms with E-state index in [-0.39, 0.29) is 18.6 Å². The third-order valence-corrected chi connectivity index (χ3v) is 6.51. The number of ether oxygens (including phenoxy) is 2. The molecule has 0 aromatic heterocycles. The molecule has 0 saturated carbocycles. The molecule has 4 heterocycles. The van der Waals surface area contributed by atoms with Crippen LogP contribution >= 0.6 is 0 Å². The molecular formula is C22H18N2O5. The van der Waals surface area contributed by atoms with E-state index in [0.717, 1.165) is 11.1 Å². The molecular weight excluding hydrogens is 372 g/mol. The van der Waals surface area contributed by atoms with Gasteiger partial charge in [-0.3, -0.25) is 14.5 Å². The van der Waals surface area contributed by atoms with E-state index in [1.165, 1.54) is 4.90 Å². The van der Waals surface area contributed by atoms with Gasteiger partial charge < -0.3 is 19.5 Å². The molecule has 7 nitrogen and oxygen atoms in total. The average molecular weight is 390 g/mol. The van der Waals surface area contributed by atoms with Crippen molar-refractivity contribution in [3.8, 4) is 11.5 Å². The van der Waals surface area contributed by atoms with Crippen molar-refractivity contribution in [2.75, 3.05) is 6.79 Å². The van der Waals surface area contributed by atoms with Crippen LogP contribution in [0.3, 0.4) is 0 Å². The van der Waals surface area contributed by atoms with Crippen molar-refractivity contribution in [2.45, 2.75) is 31.2 Å². The van der Waals surface area contributed by atoms with Gasteiger partial charge in [0, 0.05) is 22.4 Å². The predicted octanol–water partition coefficient (Wildman–Crippen LogP) is 1.84. The van der Waals surface area contributed by atoms with E-state index >= 15 is 0 Å². The summed E-state index contributed by atoms with van der Waals surface area (Å²) in [5.41, 5.74) is 1.51. The molecule has 6 rings (SSSR count). The lowest BCUT2D eigenvalue weighted by atomic mass is 9.80. The Morgan fingerprint density at radius 1 is 1.14 bits per heavy atom. The molecule has 0 aliphatic carbocycles. The molecule has 0 radical (unpaired) electrons. The van der Waals surface area contributed by atoms with E-state index in [0.29, 0.717) is 34.7 Å². The number of rotatable bonds is 0. The largest absolute Gasteiger partial charge is 0.454 e. The standard InChI is InChI=1S/C22H18N2O5/c1-11-15-9-18-17(28-10-29-18)7-13(15)8-19-22(27)16-6-4-3-5-14(16)21(26)24(22)12(2)20(25)23(11)19/h3-7,9,12,19,27H,1,8,10H2,2H3/t12-,19-,22-/m1/s1. The SMILES string of the molecule is C=C1c2cc3c(cc2C[C@H]2N1C(=O)[C@@H](C)N1C(=O)c4ccccc4[C@@]21O)OCO3. The molecule has 0 unspecified atom stereocenters. The van der Waals surface area contributed by atoms with E-state index in [4.69, 9.17) is 9.47 Å². The van der Waals surface area contributed by atoms with Gasteiger partial charge in [-0.1, -0.05) is 24.8 Å². The van der Waals surface area contributed by atoms with Crippen molar-refractivity contribution >= 4 is 17.5 Å². The summed E-state index contributed by atoms with van der Waals surface area (Å²) in [6.45, 7) is 5.96. The lowest BCUT2D eigenvalue weighted by Gasteiger charge is -2.54. The minimum atomic E-state index is -1.63. The van der Waals surface area contributed by atoms with Crippen molar-refractivity contribution in [3.63, 3.8) is 0 Å². The first-order chi connectivity index (χ1) is 13.9. The zero-order valence-electron chi connectivity index (χ0n) is 15.7. The van der Waals surface area contributed by atoms with E-state index in [1.54, 1.807) is 36.1 Å². The molecule has 0 bridgehead atoms. The Morgan fingerprint density at radius 2 is 1.86 bits per heavy atom. The number of benzene rings is 2. The fraction of sp³-hybridized carbons (Fsp3) is 0.273. The third-order valence-electron chi connectivity index (χ3n) is 6.51. The third kappa shape index (κ3) is 1.81. The molecule has 4 aliphatic rings. The van der Waals surface area contributed by atoms with Crippen LogP contribution in [0.25, 0.3) is 5.70 Å². The molecule has 1 fully saturated rings. The van der Waals surface area contributed by atoms with Gasteiger partial charge in [0.2, 0.25) is 12.7 Å². The topological polar surface area (TPSA) is 79.3 Å². The summed E-state index contributed by atoms with van der Waals surface area (Å²) < 4.78 is 11.0. The summed E-state index contributed by atoms with van der Waals surface area (Å²) in [7, 11) is 0. The number of fused-ring (bicyclic) bond motifs is 7. The highest BCUT2D eigenvalue weighted by Crippen LogP contribution is 2.51. The number of piperazine rings is 1. The highest BCUT2D eigenvalue weighted by Gasteiger charge is 2.63. The molecule has 1 saturated heterocycles. The molecule has 1 N–H and O–H groups in total. The highest BCUT2D eigenvalue weighted by molar-refractivity contribution is 6.05. The van der Waals surface area contributed by atoms with Crippen LogP contribution in [-0.4, -0.2) is 45.6 Å². The second-order valence-corrected chi connectivity index (χ2v) is 7.86. The molecule has 29 heavy (non-hydrogen) atoms. The number of carbonyl (C=O) groups excluding carboxylic acids is 2.